The first-order valence-corrected chi connectivity index (χ1v) is 10.5. The first-order chi connectivity index (χ1) is 9.77. The summed E-state index contributed by atoms with van der Waals surface area (Å²) >= 11 is 0. The molecule has 2 fully saturated rings. The molecule has 0 amide bonds. The zero-order valence-corrected chi connectivity index (χ0v) is 13.7. The van der Waals surface area contributed by atoms with Crippen LogP contribution in [0.3, 0.4) is 0 Å². The van der Waals surface area contributed by atoms with E-state index in [2.05, 4.69) is 16.9 Å². The Bertz CT molecular complexity index is 325. The third-order valence-corrected chi connectivity index (χ3v) is 8.11. The maximum Gasteiger partial charge on any atom is 0.145 e. The lowest BCUT2D eigenvalue weighted by atomic mass is 9.90. The van der Waals surface area contributed by atoms with Gasteiger partial charge in [-0.25, -0.2) is 0 Å². The molecule has 0 saturated heterocycles. The van der Waals surface area contributed by atoms with Gasteiger partial charge in [-0.2, -0.15) is 0 Å². The van der Waals surface area contributed by atoms with Gasteiger partial charge in [0.15, 0.2) is 0 Å². The molecule has 2 saturated carbocycles. The van der Waals surface area contributed by atoms with Crippen LogP contribution < -0.4 is 0 Å². The molecule has 2 aliphatic rings. The lowest BCUT2D eigenvalue weighted by Crippen LogP contribution is -2.42. The van der Waals surface area contributed by atoms with Crippen LogP contribution in [-0.4, -0.2) is 29.9 Å². The van der Waals surface area contributed by atoms with Crippen LogP contribution in [0.5, 0.6) is 0 Å². The average Bonchev–Trinajstić information content (AvgIpc) is 2.51. The van der Waals surface area contributed by atoms with Gasteiger partial charge < -0.3 is 10.4 Å². The summed E-state index contributed by atoms with van der Waals surface area (Å²) in [5.74, 6) is 0.853. The maximum atomic E-state index is 9.48. The fraction of sp³-hybridized carbons (Fsp3) is 0.867. The fourth-order valence-electron chi connectivity index (χ4n) is 3.99. The van der Waals surface area contributed by atoms with E-state index in [0.717, 1.165) is 36.4 Å². The van der Waals surface area contributed by atoms with Crippen molar-refractivity contribution in [3.05, 3.63) is 0 Å². The van der Waals surface area contributed by atoms with Gasteiger partial charge in [0, 0.05) is 10.7 Å². The second-order valence-corrected chi connectivity index (χ2v) is 9.07. The summed E-state index contributed by atoms with van der Waals surface area (Å²) < 4.78 is 0. The largest absolute Gasteiger partial charge is 0.411 e. The molecule has 5 heteroatoms. The predicted molar refractivity (Wildman–Crippen MR) is 84.6 cm³/mol. The molecule has 20 heavy (non-hydrogen) atoms. The molecule has 0 atom stereocenters. The first-order valence-electron chi connectivity index (χ1n) is 8.21. The standard InChI is InChI=1S/C15H28N2O2Si/c1-20(14(16-18)12-8-4-2-5-9-12)15(17-19)13-10-6-3-7-11-13/h12-13,18-20H,2-11H2,1H3. The first kappa shape index (κ1) is 15.5. The Morgan fingerprint density at radius 3 is 1.40 bits per heavy atom. The number of rotatable bonds is 4. The predicted octanol–water partition coefficient (Wildman–Crippen LogP) is 3.74. The Labute approximate surface area is 123 Å². The molecule has 0 aromatic carbocycles. The SMILES string of the molecule is C[SiH](C(=NO)C1CCCCC1)C(=NO)C1CCCCC1. The minimum atomic E-state index is -1.58. The van der Waals surface area contributed by atoms with E-state index in [1.807, 2.05) is 0 Å². The zero-order valence-electron chi connectivity index (χ0n) is 12.6. The second-order valence-electron chi connectivity index (χ2n) is 6.44. The van der Waals surface area contributed by atoms with Gasteiger partial charge in [0.25, 0.3) is 0 Å². The molecule has 0 unspecified atom stereocenters. The Kier molecular flexibility index (Phi) is 6.07. The third kappa shape index (κ3) is 3.62. The van der Waals surface area contributed by atoms with Gasteiger partial charge in [-0.15, -0.1) is 10.3 Å². The highest BCUT2D eigenvalue weighted by Crippen LogP contribution is 2.29. The molecule has 0 heterocycles. The van der Waals surface area contributed by atoms with Gasteiger partial charge in [-0.05, 0) is 37.5 Å². The van der Waals surface area contributed by atoms with Crippen molar-refractivity contribution in [2.45, 2.75) is 70.8 Å². The van der Waals surface area contributed by atoms with E-state index < -0.39 is 8.80 Å². The lowest BCUT2D eigenvalue weighted by Gasteiger charge is -2.29. The minimum absolute atomic E-state index is 0.427. The number of oxime groups is 2. The number of hydrogen-bond acceptors (Lipinski definition) is 4. The van der Waals surface area contributed by atoms with E-state index in [1.165, 1.54) is 38.5 Å². The normalized spacial score (nSPS) is 25.6. The third-order valence-electron chi connectivity index (χ3n) is 5.17. The van der Waals surface area contributed by atoms with Crippen LogP contribution in [0.25, 0.3) is 0 Å². The summed E-state index contributed by atoms with van der Waals surface area (Å²) in [6, 6.07) is 0. The van der Waals surface area contributed by atoms with Gasteiger partial charge in [0.2, 0.25) is 0 Å². The smallest absolute Gasteiger partial charge is 0.145 e. The average molecular weight is 296 g/mol. The quantitative estimate of drug-likeness (QED) is 0.359. The van der Waals surface area contributed by atoms with E-state index in [4.69, 9.17) is 0 Å². The Hall–Kier alpha value is -0.843. The van der Waals surface area contributed by atoms with E-state index >= 15 is 0 Å². The zero-order chi connectivity index (χ0) is 14.4. The van der Waals surface area contributed by atoms with Crippen molar-refractivity contribution in [3.63, 3.8) is 0 Å². The summed E-state index contributed by atoms with van der Waals surface area (Å²) in [6.07, 6.45) is 12.1. The van der Waals surface area contributed by atoms with Crippen LogP contribution in [0.4, 0.5) is 0 Å². The van der Waals surface area contributed by atoms with Gasteiger partial charge in [-0.1, -0.05) is 45.1 Å². The molecule has 0 aromatic rings. The van der Waals surface area contributed by atoms with E-state index in [9.17, 15) is 10.4 Å². The molecular weight excluding hydrogens is 268 g/mol. The van der Waals surface area contributed by atoms with Crippen LogP contribution in [0.1, 0.15) is 64.2 Å². The van der Waals surface area contributed by atoms with Crippen LogP contribution in [-0.2, 0) is 0 Å². The summed E-state index contributed by atoms with van der Waals surface area (Å²) in [5.41, 5.74) is 0. The second kappa shape index (κ2) is 7.81. The summed E-state index contributed by atoms with van der Waals surface area (Å²) in [4.78, 5) is 0. The maximum absolute atomic E-state index is 9.48. The lowest BCUT2D eigenvalue weighted by molar-refractivity contribution is 0.310. The molecule has 4 nitrogen and oxygen atoms in total. The van der Waals surface area contributed by atoms with Crippen LogP contribution >= 0.6 is 0 Å². The Morgan fingerprint density at radius 2 is 1.10 bits per heavy atom. The molecule has 0 aliphatic heterocycles. The van der Waals surface area contributed by atoms with Crippen molar-refractivity contribution in [2.24, 2.45) is 22.1 Å². The van der Waals surface area contributed by atoms with Crippen molar-refractivity contribution >= 4 is 19.5 Å². The molecule has 0 spiro atoms. The van der Waals surface area contributed by atoms with Crippen LogP contribution in [0, 0.1) is 11.8 Å². The summed E-state index contributed by atoms with van der Waals surface area (Å²) in [7, 11) is -1.58. The van der Waals surface area contributed by atoms with Crippen molar-refractivity contribution in [2.75, 3.05) is 0 Å². The topological polar surface area (TPSA) is 65.2 Å². The highest BCUT2D eigenvalue weighted by molar-refractivity contribution is 7.12. The van der Waals surface area contributed by atoms with Crippen molar-refractivity contribution in [3.8, 4) is 0 Å². The van der Waals surface area contributed by atoms with Crippen LogP contribution in [0.2, 0.25) is 6.55 Å². The van der Waals surface area contributed by atoms with E-state index in [0.29, 0.717) is 11.8 Å². The highest BCUT2D eigenvalue weighted by Gasteiger charge is 2.32. The van der Waals surface area contributed by atoms with Crippen molar-refractivity contribution < 1.29 is 10.4 Å². The molecular formula is C15H28N2O2Si. The molecule has 114 valence electrons. The van der Waals surface area contributed by atoms with Crippen LogP contribution in [0.15, 0.2) is 10.3 Å². The molecule has 2 N–H and O–H groups in total. The molecule has 2 rings (SSSR count). The summed E-state index contributed by atoms with van der Waals surface area (Å²) in [6.45, 7) is 2.17. The molecule has 0 radical (unpaired) electrons. The van der Waals surface area contributed by atoms with Gasteiger partial charge >= 0.3 is 0 Å². The van der Waals surface area contributed by atoms with Gasteiger partial charge in [-0.3, -0.25) is 0 Å². The fourth-order valence-corrected chi connectivity index (χ4v) is 6.72. The van der Waals surface area contributed by atoms with E-state index in [1.54, 1.807) is 0 Å². The number of nitrogens with zero attached hydrogens (tertiary/aromatic N) is 2. The van der Waals surface area contributed by atoms with Gasteiger partial charge in [0.05, 0.1) is 0 Å². The Morgan fingerprint density at radius 1 is 0.750 bits per heavy atom. The molecule has 0 bridgehead atoms. The minimum Gasteiger partial charge on any atom is -0.411 e. The molecule has 0 aromatic heterocycles. The summed E-state index contributed by atoms with van der Waals surface area (Å²) in [5, 5.41) is 28.2. The van der Waals surface area contributed by atoms with Crippen molar-refractivity contribution in [1.82, 2.24) is 0 Å². The van der Waals surface area contributed by atoms with Gasteiger partial charge in [0.1, 0.15) is 8.80 Å². The highest BCUT2D eigenvalue weighted by atomic mass is 28.3. The molecule has 2 aliphatic carbocycles. The van der Waals surface area contributed by atoms with E-state index in [-0.39, 0.29) is 0 Å². The Balaban J connectivity index is 2.07. The van der Waals surface area contributed by atoms with Crippen molar-refractivity contribution in [1.29, 1.82) is 0 Å². The monoisotopic (exact) mass is 296 g/mol. The number of hydrogen-bond donors (Lipinski definition) is 2.